The van der Waals surface area contributed by atoms with Crippen LogP contribution >= 0.6 is 0 Å². The van der Waals surface area contributed by atoms with Crippen molar-refractivity contribution < 1.29 is 67.1 Å². The number of rotatable bonds is 79. The Balaban J connectivity index is 6.30. The zero-order valence-electron chi connectivity index (χ0n) is 69.8. The highest BCUT2D eigenvalue weighted by molar-refractivity contribution is 5.81. The van der Waals surface area contributed by atoms with Crippen LogP contribution in [0.5, 0.6) is 0 Å². The number of hydrogen-bond acceptors (Lipinski definition) is 30. The second kappa shape index (κ2) is 75.4. The number of carbonyl (C=O) groups excluding carboxylic acids is 14. The highest BCUT2D eigenvalue weighted by Gasteiger charge is 2.21. The van der Waals surface area contributed by atoms with E-state index in [9.17, 15) is 67.1 Å². The van der Waals surface area contributed by atoms with Gasteiger partial charge in [0.15, 0.2) is 0 Å². The van der Waals surface area contributed by atoms with Crippen LogP contribution in [0.3, 0.4) is 0 Å². The molecule has 0 saturated heterocycles. The molecule has 0 aliphatic rings. The van der Waals surface area contributed by atoms with Gasteiger partial charge in [-0.2, -0.15) is 0 Å². The molecule has 0 rings (SSSR count). The molecule has 0 aromatic heterocycles. The zero-order chi connectivity index (χ0) is 86.7. The Morgan fingerprint density at radius 2 is 0.239 bits per heavy atom. The van der Waals surface area contributed by atoms with Crippen molar-refractivity contribution in [1.29, 1.82) is 0 Å². The Hall–Kier alpha value is -8.06. The molecule has 44 nitrogen and oxygen atoms in total. The summed E-state index contributed by atoms with van der Waals surface area (Å²) in [7, 11) is 0. The van der Waals surface area contributed by atoms with Crippen molar-refractivity contribution in [2.45, 2.75) is 96.3 Å². The molecule has 0 unspecified atom stereocenters. The SMILES string of the molecule is NCCCN(CCC(=O)NCCN(CCC(=O)NCCN(CCC(=O)NCCN)CCC(=O)NCCN)CCC(=O)NCCN(CCC(=O)NCCN)CCC(=O)NCCN)CCC(=O)NCCN(CCC(=O)NCCN(CCC(=O)NCCN)CCC(=O)NCCN)CCC(=O)NCCN(CCC(=O)NCCN)CCC(=O)NCCN. The molecule has 14 amide bonds. The number of hydrogen-bond donors (Lipinski definition) is 23. The Labute approximate surface area is 691 Å². The Kier molecular flexibility index (Phi) is 70.2. The summed E-state index contributed by atoms with van der Waals surface area (Å²) in [6, 6.07) is 0. The monoisotopic (exact) mass is 1670 g/mol. The first kappa shape index (κ1) is 109. The molecule has 0 aromatic rings. The maximum atomic E-state index is 13.6. The van der Waals surface area contributed by atoms with Crippen LogP contribution in [0.2, 0.25) is 0 Å². The Bertz CT molecular complexity index is 2340. The molecular weight excluding hydrogens is 1520 g/mol. The van der Waals surface area contributed by atoms with Crippen LogP contribution in [0, 0.1) is 0 Å². The molecule has 0 fully saturated rings. The third-order valence-corrected chi connectivity index (χ3v) is 18.1. The lowest BCUT2D eigenvalue weighted by molar-refractivity contribution is -0.123. The predicted octanol–water partition coefficient (Wildman–Crippen LogP) is -12.8. The van der Waals surface area contributed by atoms with Crippen molar-refractivity contribution >= 4 is 82.7 Å². The summed E-state index contributed by atoms with van der Waals surface area (Å²) in [4.78, 5) is 194. The van der Waals surface area contributed by atoms with Gasteiger partial charge in [-0.25, -0.2) is 0 Å². The van der Waals surface area contributed by atoms with Gasteiger partial charge < -0.3 is 160 Å². The summed E-state index contributed by atoms with van der Waals surface area (Å²) in [6.45, 7) is 12.7. The van der Waals surface area contributed by atoms with Crippen molar-refractivity contribution in [1.82, 2.24) is 109 Å². The normalized spacial score (nSPS) is 11.2. The smallest absolute Gasteiger partial charge is 0.221 e. The molecule has 0 saturated carbocycles. The molecule has 32 N–H and O–H groups in total. The minimum Gasteiger partial charge on any atom is -0.355 e. The molecule has 0 aliphatic heterocycles. The van der Waals surface area contributed by atoms with Crippen LogP contribution in [0.25, 0.3) is 0 Å². The van der Waals surface area contributed by atoms with Gasteiger partial charge in [0.2, 0.25) is 82.7 Å². The fraction of sp³-hybridized carbons (Fsp3) is 0.808. The van der Waals surface area contributed by atoms with Crippen LogP contribution in [-0.2, 0) is 67.1 Å². The van der Waals surface area contributed by atoms with E-state index < -0.39 is 0 Å². The van der Waals surface area contributed by atoms with Gasteiger partial charge in [-0.05, 0) is 19.5 Å². The zero-order valence-corrected chi connectivity index (χ0v) is 69.8. The highest BCUT2D eigenvalue weighted by atomic mass is 16.2. The van der Waals surface area contributed by atoms with Crippen molar-refractivity contribution in [3.63, 3.8) is 0 Å². The van der Waals surface area contributed by atoms with Gasteiger partial charge in [0.05, 0.1) is 0 Å². The van der Waals surface area contributed by atoms with Crippen molar-refractivity contribution in [2.75, 3.05) is 288 Å². The fourth-order valence-electron chi connectivity index (χ4n) is 11.3. The van der Waals surface area contributed by atoms with E-state index in [-0.39, 0.29) is 317 Å². The molecule has 0 aromatic carbocycles. The van der Waals surface area contributed by atoms with E-state index in [2.05, 4.69) is 74.4 Å². The van der Waals surface area contributed by atoms with Gasteiger partial charge in [-0.3, -0.25) is 67.1 Å². The molecule has 0 radical (unpaired) electrons. The first-order valence-corrected chi connectivity index (χ1v) is 41.6. The molecule has 0 atom stereocenters. The molecule has 117 heavy (non-hydrogen) atoms. The van der Waals surface area contributed by atoms with Crippen LogP contribution in [0.1, 0.15) is 96.3 Å². The maximum absolute atomic E-state index is 13.6. The van der Waals surface area contributed by atoms with Crippen molar-refractivity contribution in [3.05, 3.63) is 0 Å². The largest absolute Gasteiger partial charge is 0.355 e. The minimum absolute atomic E-state index is 0.0278. The van der Waals surface area contributed by atoms with Gasteiger partial charge in [0.25, 0.3) is 0 Å². The van der Waals surface area contributed by atoms with Crippen LogP contribution in [0.4, 0.5) is 0 Å². The number of amides is 14. The summed E-state index contributed by atoms with van der Waals surface area (Å²) in [5, 5.41) is 39.5. The Morgan fingerprint density at radius 3 is 0.342 bits per heavy atom. The van der Waals surface area contributed by atoms with Crippen LogP contribution in [-0.4, -0.2) is 405 Å². The van der Waals surface area contributed by atoms with Gasteiger partial charge in [-0.15, -0.1) is 0 Å². The number of nitrogens with two attached hydrogens (primary N) is 9. The minimum atomic E-state index is -0.291. The lowest BCUT2D eigenvalue weighted by atomic mass is 10.2. The summed E-state index contributed by atoms with van der Waals surface area (Å²) in [5.41, 5.74) is 50.3. The second-order valence-electron chi connectivity index (χ2n) is 27.7. The second-order valence-corrected chi connectivity index (χ2v) is 27.7. The summed E-state index contributed by atoms with van der Waals surface area (Å²) in [6.07, 6.45) is 2.03. The first-order chi connectivity index (χ1) is 56.5. The molecule has 0 heterocycles. The number of carbonyl (C=O) groups is 14. The third-order valence-electron chi connectivity index (χ3n) is 18.1. The van der Waals surface area contributed by atoms with Gasteiger partial charge >= 0.3 is 0 Å². The summed E-state index contributed by atoms with van der Waals surface area (Å²) in [5.74, 6) is -3.33. The van der Waals surface area contributed by atoms with E-state index in [0.717, 1.165) is 0 Å². The standard InChI is InChI=1S/C73H150N30O14/c74-16-1-39-97(40-2-68(112)91-33-58-102(50-12-70(114)93-35-54-98(42-4-60(104)83-25-17-75)43-5-61(105)84-26-18-76)51-13-71(115)94-36-55-99(44-6-62(106)85-27-19-77)45-7-63(107)86-28-20-78)41-3-69(113)92-34-59-103(52-14-72(116)95-37-56-100(46-8-64(108)87-29-21-79)47-9-65(109)88-30-22-80)53-15-73(117)96-38-57-101(48-10-66(110)89-31-23-81)49-11-67(111)90-32-24-82/h1-59,74-82H2,(H,83,104)(H,84,105)(H,85,106)(H,86,107)(H,87,108)(H,88,109)(H,89,110)(H,90,111)(H,91,112)(H,92,113)(H,93,114)(H,94,115)(H,95,116)(H,96,117). The number of nitrogens with zero attached hydrogens (tertiary/aromatic N) is 7. The topological polar surface area (TPSA) is 664 Å². The number of nitrogens with one attached hydrogen (secondary N) is 14. The van der Waals surface area contributed by atoms with E-state index >= 15 is 0 Å². The van der Waals surface area contributed by atoms with Crippen LogP contribution < -0.4 is 126 Å². The lowest BCUT2D eigenvalue weighted by Crippen LogP contribution is -2.42. The van der Waals surface area contributed by atoms with Gasteiger partial charge in [-0.1, -0.05) is 0 Å². The van der Waals surface area contributed by atoms with E-state index in [1.807, 2.05) is 34.3 Å². The lowest BCUT2D eigenvalue weighted by Gasteiger charge is -2.24. The summed E-state index contributed by atoms with van der Waals surface area (Å²) >= 11 is 0. The first-order valence-electron chi connectivity index (χ1n) is 41.6. The average Bonchev–Trinajstić information content (AvgIpc) is 0.963. The predicted molar refractivity (Wildman–Crippen MR) is 448 cm³/mol. The molecule has 0 spiro atoms. The van der Waals surface area contributed by atoms with Gasteiger partial charge in [0, 0.05) is 365 Å². The van der Waals surface area contributed by atoms with Gasteiger partial charge in [0.1, 0.15) is 0 Å². The van der Waals surface area contributed by atoms with Crippen molar-refractivity contribution in [2.24, 2.45) is 51.6 Å². The molecule has 0 aliphatic carbocycles. The molecule has 44 heteroatoms. The summed E-state index contributed by atoms with van der Waals surface area (Å²) < 4.78 is 0. The quantitative estimate of drug-likeness (QED) is 0.0269. The molecule has 0 bridgehead atoms. The van der Waals surface area contributed by atoms with E-state index in [1.165, 1.54) is 0 Å². The third kappa shape index (κ3) is 67.5. The van der Waals surface area contributed by atoms with E-state index in [1.54, 1.807) is 0 Å². The fourth-order valence-corrected chi connectivity index (χ4v) is 11.3. The molecular formula is C73H150N30O14. The van der Waals surface area contributed by atoms with E-state index in [0.29, 0.717) is 150 Å². The average molecular weight is 1670 g/mol. The van der Waals surface area contributed by atoms with Crippen molar-refractivity contribution in [3.8, 4) is 0 Å². The maximum Gasteiger partial charge on any atom is 0.221 e. The van der Waals surface area contributed by atoms with Crippen LogP contribution in [0.15, 0.2) is 0 Å². The molecule has 676 valence electrons. The van der Waals surface area contributed by atoms with E-state index in [4.69, 9.17) is 51.6 Å². The highest BCUT2D eigenvalue weighted by Crippen LogP contribution is 2.05. The Morgan fingerprint density at radius 1 is 0.137 bits per heavy atom.